The number of hydrogen-bond acceptors (Lipinski definition) is 7. The van der Waals surface area contributed by atoms with Crippen LogP contribution in [0, 0.1) is 0 Å². The Kier molecular flexibility index (Phi) is 5.89. The van der Waals surface area contributed by atoms with E-state index in [0.29, 0.717) is 17.9 Å². The molecule has 9 nitrogen and oxygen atoms in total. The first-order valence-electron chi connectivity index (χ1n) is 9.69. The zero-order valence-corrected chi connectivity index (χ0v) is 16.5. The third-order valence-electron chi connectivity index (χ3n) is 4.87. The molecular formula is C21H22N4O5. The van der Waals surface area contributed by atoms with Gasteiger partial charge in [0.2, 0.25) is 11.7 Å². The minimum absolute atomic E-state index is 0.0479. The van der Waals surface area contributed by atoms with Gasteiger partial charge < -0.3 is 23.9 Å². The van der Waals surface area contributed by atoms with E-state index < -0.39 is 0 Å². The van der Waals surface area contributed by atoms with Gasteiger partial charge in [-0.2, -0.15) is 4.98 Å². The number of ether oxygens (including phenoxy) is 2. The van der Waals surface area contributed by atoms with Crippen molar-refractivity contribution in [1.82, 2.24) is 20.0 Å². The van der Waals surface area contributed by atoms with E-state index in [-0.39, 0.29) is 30.0 Å². The fraction of sp³-hybridized carbons (Fsp3) is 0.333. The molecule has 1 N–H and O–H groups in total. The van der Waals surface area contributed by atoms with Gasteiger partial charge in [-0.3, -0.25) is 9.59 Å². The number of carbonyl (C=O) groups excluding carboxylic acids is 1. The number of amides is 1. The molecule has 0 aliphatic carbocycles. The molecule has 9 heteroatoms. The van der Waals surface area contributed by atoms with Crippen molar-refractivity contribution in [3.63, 3.8) is 0 Å². The van der Waals surface area contributed by atoms with E-state index in [9.17, 15) is 9.59 Å². The Morgan fingerprint density at radius 3 is 2.77 bits per heavy atom. The zero-order chi connectivity index (χ0) is 20.9. The molecule has 3 aromatic rings. The van der Waals surface area contributed by atoms with Crippen LogP contribution < -0.4 is 15.6 Å². The van der Waals surface area contributed by atoms with Crippen molar-refractivity contribution in [3.05, 3.63) is 52.9 Å². The van der Waals surface area contributed by atoms with E-state index in [1.165, 1.54) is 10.6 Å². The summed E-state index contributed by atoms with van der Waals surface area (Å²) < 4.78 is 17.3. The number of nitrogens with one attached hydrogen (secondary N) is 1. The van der Waals surface area contributed by atoms with Gasteiger partial charge in [-0.1, -0.05) is 5.16 Å². The number of nitrogens with zero attached hydrogens (tertiary/aromatic N) is 3. The van der Waals surface area contributed by atoms with Gasteiger partial charge in [0.05, 0.1) is 18.8 Å². The molecule has 30 heavy (non-hydrogen) atoms. The van der Waals surface area contributed by atoms with Crippen LogP contribution in [0.4, 0.5) is 0 Å². The van der Waals surface area contributed by atoms with E-state index in [0.717, 1.165) is 30.8 Å². The number of aromatic nitrogens is 3. The first-order valence-corrected chi connectivity index (χ1v) is 9.69. The summed E-state index contributed by atoms with van der Waals surface area (Å²) in [4.78, 5) is 28.8. The van der Waals surface area contributed by atoms with Gasteiger partial charge in [0.1, 0.15) is 12.3 Å². The predicted octanol–water partition coefficient (Wildman–Crippen LogP) is 1.87. The van der Waals surface area contributed by atoms with Crippen molar-refractivity contribution in [2.45, 2.75) is 25.5 Å². The number of benzene rings is 1. The van der Waals surface area contributed by atoms with Gasteiger partial charge in [-0.25, -0.2) is 0 Å². The summed E-state index contributed by atoms with van der Waals surface area (Å²) in [6.07, 6.45) is 3.53. The number of pyridine rings is 1. The largest absolute Gasteiger partial charge is 0.497 e. The van der Waals surface area contributed by atoms with Crippen molar-refractivity contribution >= 4 is 5.91 Å². The van der Waals surface area contributed by atoms with Gasteiger partial charge in [0.25, 0.3) is 11.4 Å². The van der Waals surface area contributed by atoms with Crippen LogP contribution in [0.5, 0.6) is 5.75 Å². The van der Waals surface area contributed by atoms with E-state index in [1.54, 1.807) is 31.5 Å². The Bertz CT molecular complexity index is 1070. The van der Waals surface area contributed by atoms with E-state index in [4.69, 9.17) is 14.0 Å². The summed E-state index contributed by atoms with van der Waals surface area (Å²) in [6.45, 7) is 1.08. The summed E-state index contributed by atoms with van der Waals surface area (Å²) in [5, 5.41) is 6.81. The van der Waals surface area contributed by atoms with Crippen molar-refractivity contribution in [2.24, 2.45) is 0 Å². The maximum absolute atomic E-state index is 12.2. The Hall–Kier alpha value is -3.46. The van der Waals surface area contributed by atoms with Crippen molar-refractivity contribution in [2.75, 3.05) is 20.3 Å². The zero-order valence-electron chi connectivity index (χ0n) is 16.5. The first-order chi connectivity index (χ1) is 14.6. The smallest absolute Gasteiger partial charge is 0.259 e. The molecule has 1 saturated heterocycles. The van der Waals surface area contributed by atoms with Crippen LogP contribution in [0.25, 0.3) is 22.8 Å². The molecule has 1 unspecified atom stereocenters. The first kappa shape index (κ1) is 19.8. The van der Waals surface area contributed by atoms with E-state index >= 15 is 0 Å². The quantitative estimate of drug-likeness (QED) is 0.633. The number of methoxy groups -OCH3 is 1. The molecule has 4 rings (SSSR count). The van der Waals surface area contributed by atoms with Crippen LogP contribution in [-0.2, 0) is 16.1 Å². The Morgan fingerprint density at radius 2 is 2.03 bits per heavy atom. The average molecular weight is 410 g/mol. The summed E-state index contributed by atoms with van der Waals surface area (Å²) in [6, 6.07) is 10.2. The molecule has 0 radical (unpaired) electrons. The third-order valence-corrected chi connectivity index (χ3v) is 4.87. The molecule has 0 bridgehead atoms. The third kappa shape index (κ3) is 4.57. The van der Waals surface area contributed by atoms with Crippen molar-refractivity contribution in [3.8, 4) is 28.6 Å². The lowest BCUT2D eigenvalue weighted by Crippen LogP contribution is -2.36. The average Bonchev–Trinajstić information content (AvgIpc) is 3.46. The predicted molar refractivity (Wildman–Crippen MR) is 108 cm³/mol. The second-order valence-electron chi connectivity index (χ2n) is 6.97. The summed E-state index contributed by atoms with van der Waals surface area (Å²) in [5.41, 5.74) is 1.03. The van der Waals surface area contributed by atoms with Gasteiger partial charge in [-0.15, -0.1) is 0 Å². The lowest BCUT2D eigenvalue weighted by Gasteiger charge is -2.11. The number of carbonyl (C=O) groups is 1. The molecule has 1 aliphatic heterocycles. The standard InChI is InChI=1S/C21H22N4O5/c1-28-16-7-4-14(5-8-16)20-23-21(30-24-20)15-6-9-19(27)25(12-15)13-18(26)22-11-17-3-2-10-29-17/h4-9,12,17H,2-3,10-11,13H2,1H3,(H,22,26). The van der Waals surface area contributed by atoms with E-state index in [1.807, 2.05) is 12.1 Å². The minimum Gasteiger partial charge on any atom is -0.497 e. The molecule has 0 spiro atoms. The van der Waals surface area contributed by atoms with Crippen LogP contribution in [0.1, 0.15) is 12.8 Å². The van der Waals surface area contributed by atoms with Gasteiger partial charge in [0, 0.05) is 31.0 Å². The highest BCUT2D eigenvalue weighted by atomic mass is 16.5. The van der Waals surface area contributed by atoms with Crippen LogP contribution in [0.3, 0.4) is 0 Å². The normalized spacial score (nSPS) is 15.8. The second kappa shape index (κ2) is 8.91. The summed E-state index contributed by atoms with van der Waals surface area (Å²) in [7, 11) is 1.60. The molecular weight excluding hydrogens is 388 g/mol. The SMILES string of the molecule is COc1ccc(-c2noc(-c3ccc(=O)n(CC(=O)NCC4CCCO4)c3)n2)cc1. The minimum atomic E-state index is -0.291. The monoisotopic (exact) mass is 410 g/mol. The fourth-order valence-electron chi connectivity index (χ4n) is 3.22. The number of rotatable bonds is 7. The molecule has 2 aromatic heterocycles. The maximum Gasteiger partial charge on any atom is 0.259 e. The molecule has 1 fully saturated rings. The summed E-state index contributed by atoms with van der Waals surface area (Å²) in [5.74, 6) is 1.15. The molecule has 156 valence electrons. The highest BCUT2D eigenvalue weighted by Crippen LogP contribution is 2.23. The molecule has 1 atom stereocenters. The fourth-order valence-corrected chi connectivity index (χ4v) is 3.22. The summed E-state index contributed by atoms with van der Waals surface area (Å²) >= 11 is 0. The van der Waals surface area contributed by atoms with Gasteiger partial charge in [0.15, 0.2) is 0 Å². The van der Waals surface area contributed by atoms with Crippen LogP contribution in [0.15, 0.2) is 51.9 Å². The van der Waals surface area contributed by atoms with Crippen molar-refractivity contribution < 1.29 is 18.8 Å². The highest BCUT2D eigenvalue weighted by molar-refractivity contribution is 5.75. The Morgan fingerprint density at radius 1 is 1.23 bits per heavy atom. The lowest BCUT2D eigenvalue weighted by molar-refractivity contribution is -0.122. The van der Waals surface area contributed by atoms with Gasteiger partial charge >= 0.3 is 0 Å². The molecule has 1 aromatic carbocycles. The molecule has 1 amide bonds. The molecule has 1 aliphatic rings. The molecule has 0 saturated carbocycles. The van der Waals surface area contributed by atoms with Crippen LogP contribution in [-0.4, -0.2) is 47.0 Å². The van der Waals surface area contributed by atoms with Crippen LogP contribution >= 0.6 is 0 Å². The van der Waals surface area contributed by atoms with Crippen molar-refractivity contribution in [1.29, 1.82) is 0 Å². The van der Waals surface area contributed by atoms with E-state index in [2.05, 4.69) is 15.5 Å². The Balaban J connectivity index is 1.46. The number of hydrogen-bond donors (Lipinski definition) is 1. The lowest BCUT2D eigenvalue weighted by atomic mass is 10.2. The molecule has 3 heterocycles. The van der Waals surface area contributed by atoms with Crippen LogP contribution in [0.2, 0.25) is 0 Å². The van der Waals surface area contributed by atoms with Gasteiger partial charge in [-0.05, 0) is 43.2 Å². The second-order valence-corrected chi connectivity index (χ2v) is 6.97. The highest BCUT2D eigenvalue weighted by Gasteiger charge is 2.17. The Labute approximate surface area is 172 Å². The maximum atomic E-state index is 12.2. The topological polar surface area (TPSA) is 108 Å².